The first-order valence-corrected chi connectivity index (χ1v) is 13.1. The number of anilines is 1. The summed E-state index contributed by atoms with van der Waals surface area (Å²) in [5.41, 5.74) is 0.952. The van der Waals surface area contributed by atoms with E-state index in [0.29, 0.717) is 12.8 Å². The highest BCUT2D eigenvalue weighted by Gasteiger charge is 2.41. The van der Waals surface area contributed by atoms with E-state index in [-0.39, 0.29) is 28.4 Å². The molecule has 0 heterocycles. The Hall–Kier alpha value is -2.58. The maximum atomic E-state index is 14.7. The first kappa shape index (κ1) is 24.7. The minimum Gasteiger partial charge on any atom is -0.409 e. The molecule has 0 aromatic heterocycles. The lowest BCUT2D eigenvalue weighted by Crippen LogP contribution is -2.42. The van der Waals surface area contributed by atoms with Crippen molar-refractivity contribution in [2.24, 2.45) is 0 Å². The summed E-state index contributed by atoms with van der Waals surface area (Å²) in [6.45, 7) is 10.5. The van der Waals surface area contributed by atoms with Gasteiger partial charge in [0.05, 0.1) is 16.6 Å². The molecule has 0 fully saturated rings. The van der Waals surface area contributed by atoms with E-state index in [0.717, 1.165) is 17.7 Å². The van der Waals surface area contributed by atoms with Crippen molar-refractivity contribution in [1.29, 1.82) is 0 Å². The van der Waals surface area contributed by atoms with Gasteiger partial charge < -0.3 is 14.1 Å². The summed E-state index contributed by atoms with van der Waals surface area (Å²) < 4.78 is 21.0. The normalized spacial score (nSPS) is 13.0. The zero-order valence-corrected chi connectivity index (χ0v) is 20.0. The lowest BCUT2D eigenvalue weighted by atomic mass is 10.0. The van der Waals surface area contributed by atoms with E-state index in [9.17, 15) is 19.3 Å². The number of rotatable bonds is 9. The van der Waals surface area contributed by atoms with Crippen LogP contribution in [0.1, 0.15) is 44.4 Å². The number of nitro groups is 1. The molecule has 0 saturated heterocycles. The number of aldehydes is 1. The van der Waals surface area contributed by atoms with Gasteiger partial charge in [0.2, 0.25) is 0 Å². The molecular formula is C23H31FN2O4Si. The first-order chi connectivity index (χ1) is 14.4. The maximum absolute atomic E-state index is 14.7. The number of hydrogen-bond acceptors (Lipinski definition) is 5. The SMILES string of the molecule is CN(Cc1ccccc1)c1cc(F)cc(C(CC=O)O[Si](C)(C)C(C)(C)C)c1[N+](=O)[O-]. The summed E-state index contributed by atoms with van der Waals surface area (Å²) in [5.74, 6) is -0.606. The fraction of sp³-hybridized carbons (Fsp3) is 0.435. The van der Waals surface area contributed by atoms with Crippen LogP contribution in [-0.2, 0) is 15.8 Å². The van der Waals surface area contributed by atoms with Gasteiger partial charge in [-0.1, -0.05) is 51.1 Å². The van der Waals surface area contributed by atoms with Crippen LogP contribution in [0.4, 0.5) is 15.8 Å². The Morgan fingerprint density at radius 1 is 1.23 bits per heavy atom. The molecule has 8 heteroatoms. The molecule has 1 atom stereocenters. The van der Waals surface area contributed by atoms with Crippen LogP contribution in [0.3, 0.4) is 0 Å². The quantitative estimate of drug-likeness (QED) is 0.204. The Kier molecular flexibility index (Phi) is 7.72. The molecule has 2 aromatic rings. The fourth-order valence-electron chi connectivity index (χ4n) is 3.14. The molecule has 168 valence electrons. The van der Waals surface area contributed by atoms with Gasteiger partial charge in [-0.05, 0) is 29.8 Å². The Labute approximate surface area is 184 Å². The number of benzene rings is 2. The van der Waals surface area contributed by atoms with Gasteiger partial charge in [-0.3, -0.25) is 10.1 Å². The molecular weight excluding hydrogens is 415 g/mol. The molecule has 0 amide bonds. The zero-order chi connectivity index (χ0) is 23.4. The van der Waals surface area contributed by atoms with Crippen LogP contribution in [-0.4, -0.2) is 26.6 Å². The third-order valence-electron chi connectivity index (χ3n) is 5.84. The van der Waals surface area contributed by atoms with Crippen molar-refractivity contribution < 1.29 is 18.5 Å². The summed E-state index contributed by atoms with van der Waals surface area (Å²) in [6, 6.07) is 11.7. The monoisotopic (exact) mass is 446 g/mol. The fourth-order valence-corrected chi connectivity index (χ4v) is 4.43. The molecule has 31 heavy (non-hydrogen) atoms. The number of nitro benzene ring substituents is 1. The van der Waals surface area contributed by atoms with Gasteiger partial charge in [-0.15, -0.1) is 0 Å². The Morgan fingerprint density at radius 2 is 1.84 bits per heavy atom. The van der Waals surface area contributed by atoms with Crippen molar-refractivity contribution in [2.45, 2.75) is 58.0 Å². The number of carbonyl (C=O) groups is 1. The third kappa shape index (κ3) is 5.98. The van der Waals surface area contributed by atoms with Crippen molar-refractivity contribution in [1.82, 2.24) is 0 Å². The standard InChI is InChI=1S/C23H31FN2O4Si/c1-23(2,3)31(5,6)30-21(12-13-27)19-14-18(24)15-20(22(19)26(28)29)25(4)16-17-10-8-7-9-11-17/h7-11,13-15,21H,12,16H2,1-6H3. The maximum Gasteiger partial charge on any atom is 0.298 e. The topological polar surface area (TPSA) is 72.7 Å². The zero-order valence-electron chi connectivity index (χ0n) is 19.0. The van der Waals surface area contributed by atoms with Crippen LogP contribution in [0.15, 0.2) is 42.5 Å². The van der Waals surface area contributed by atoms with Crippen molar-refractivity contribution in [2.75, 3.05) is 11.9 Å². The molecule has 1 unspecified atom stereocenters. The average molecular weight is 447 g/mol. The highest BCUT2D eigenvalue weighted by Crippen LogP contribution is 2.44. The molecule has 0 radical (unpaired) electrons. The van der Waals surface area contributed by atoms with Gasteiger partial charge in [-0.25, -0.2) is 4.39 Å². The van der Waals surface area contributed by atoms with E-state index in [4.69, 9.17) is 4.43 Å². The van der Waals surface area contributed by atoms with E-state index >= 15 is 0 Å². The van der Waals surface area contributed by atoms with Crippen LogP contribution in [0.25, 0.3) is 0 Å². The first-order valence-electron chi connectivity index (χ1n) is 10.2. The molecule has 2 aromatic carbocycles. The highest BCUT2D eigenvalue weighted by molar-refractivity contribution is 6.74. The van der Waals surface area contributed by atoms with E-state index in [1.54, 1.807) is 11.9 Å². The van der Waals surface area contributed by atoms with Crippen molar-refractivity contribution >= 4 is 26.0 Å². The van der Waals surface area contributed by atoms with E-state index < -0.39 is 25.2 Å². The van der Waals surface area contributed by atoms with E-state index in [1.807, 2.05) is 64.2 Å². The largest absolute Gasteiger partial charge is 0.409 e. The van der Waals surface area contributed by atoms with Crippen LogP contribution in [0, 0.1) is 15.9 Å². The van der Waals surface area contributed by atoms with E-state index in [2.05, 4.69) is 0 Å². The summed E-state index contributed by atoms with van der Waals surface area (Å²) in [4.78, 5) is 24.6. The minimum absolute atomic E-state index is 0.0847. The number of nitrogens with zero attached hydrogens (tertiary/aromatic N) is 2. The van der Waals surface area contributed by atoms with Gasteiger partial charge >= 0.3 is 0 Å². The smallest absolute Gasteiger partial charge is 0.298 e. The van der Waals surface area contributed by atoms with Crippen molar-refractivity contribution in [3.05, 3.63) is 69.5 Å². The lowest BCUT2D eigenvalue weighted by molar-refractivity contribution is -0.385. The predicted octanol–water partition coefficient (Wildman–Crippen LogP) is 6.02. The minimum atomic E-state index is -2.39. The molecule has 0 aliphatic heterocycles. The summed E-state index contributed by atoms with van der Waals surface area (Å²) in [7, 11) is -0.704. The van der Waals surface area contributed by atoms with Crippen LogP contribution in [0.2, 0.25) is 18.1 Å². The second kappa shape index (κ2) is 9.70. The molecule has 0 bridgehead atoms. The summed E-state index contributed by atoms with van der Waals surface area (Å²) in [5, 5.41) is 11.9. The number of carbonyl (C=O) groups excluding carboxylic acids is 1. The summed E-state index contributed by atoms with van der Waals surface area (Å²) in [6.07, 6.45) is -0.309. The van der Waals surface area contributed by atoms with Crippen LogP contribution in [0.5, 0.6) is 0 Å². The number of hydrogen-bond donors (Lipinski definition) is 0. The van der Waals surface area contributed by atoms with Crippen LogP contribution < -0.4 is 4.90 Å². The molecule has 0 spiro atoms. The molecule has 6 nitrogen and oxygen atoms in total. The van der Waals surface area contributed by atoms with Gasteiger partial charge in [0.15, 0.2) is 8.32 Å². The van der Waals surface area contributed by atoms with Crippen LogP contribution >= 0.6 is 0 Å². The molecule has 0 aliphatic rings. The molecule has 0 saturated carbocycles. The van der Waals surface area contributed by atoms with Gasteiger partial charge in [0, 0.05) is 26.1 Å². The molecule has 2 rings (SSSR count). The average Bonchev–Trinajstić information content (AvgIpc) is 2.66. The predicted molar refractivity (Wildman–Crippen MR) is 123 cm³/mol. The lowest BCUT2D eigenvalue weighted by Gasteiger charge is -2.39. The second-order valence-electron chi connectivity index (χ2n) is 9.23. The highest BCUT2D eigenvalue weighted by atomic mass is 28.4. The second-order valence-corrected chi connectivity index (χ2v) is 14.0. The molecule has 0 N–H and O–H groups in total. The Bertz CT molecular complexity index is 929. The van der Waals surface area contributed by atoms with Gasteiger partial charge in [-0.2, -0.15) is 0 Å². The number of halogens is 1. The van der Waals surface area contributed by atoms with Crippen molar-refractivity contribution in [3.63, 3.8) is 0 Å². The molecule has 0 aliphatic carbocycles. The summed E-state index contributed by atoms with van der Waals surface area (Å²) >= 11 is 0. The van der Waals surface area contributed by atoms with Crippen molar-refractivity contribution in [3.8, 4) is 0 Å². The Morgan fingerprint density at radius 3 is 2.35 bits per heavy atom. The van der Waals surface area contributed by atoms with Gasteiger partial charge in [0.1, 0.15) is 17.8 Å². The Balaban J connectivity index is 2.57. The third-order valence-corrected chi connectivity index (χ3v) is 10.3. The van der Waals surface area contributed by atoms with E-state index in [1.165, 1.54) is 0 Å². The van der Waals surface area contributed by atoms with Gasteiger partial charge in [0.25, 0.3) is 5.69 Å².